The summed E-state index contributed by atoms with van der Waals surface area (Å²) in [4.78, 5) is 0. The molecule has 0 unspecified atom stereocenters. The van der Waals surface area contributed by atoms with Crippen molar-refractivity contribution in [2.45, 2.75) is 47.0 Å². The van der Waals surface area contributed by atoms with E-state index in [-0.39, 0.29) is 0 Å². The van der Waals surface area contributed by atoms with Gasteiger partial charge in [-0.25, -0.2) is 0 Å². The molecule has 0 aliphatic carbocycles. The molecule has 55 valence electrons. The van der Waals surface area contributed by atoms with Crippen LogP contribution in [0.15, 0.2) is 0 Å². The molecule has 0 saturated carbocycles. The van der Waals surface area contributed by atoms with E-state index in [0.717, 1.165) is 5.92 Å². The zero-order chi connectivity index (χ0) is 7.28. The predicted molar refractivity (Wildman–Crippen MR) is 43.3 cm³/mol. The van der Waals surface area contributed by atoms with Gasteiger partial charge in [0.25, 0.3) is 0 Å². The molecule has 0 N–H and O–H groups in total. The Kier molecular flexibility index (Phi) is 4.84. The summed E-state index contributed by atoms with van der Waals surface area (Å²) in [6.45, 7) is 9.05. The third kappa shape index (κ3) is 4.50. The van der Waals surface area contributed by atoms with Crippen molar-refractivity contribution in [3.05, 3.63) is 5.92 Å². The second kappa shape index (κ2) is 4.84. The Bertz CT molecular complexity index is 55.1. The predicted octanol–water partition coefficient (Wildman–Crippen LogP) is 3.43. The molecule has 0 aromatic rings. The molecule has 0 aliphatic rings. The van der Waals surface area contributed by atoms with E-state index in [0.29, 0.717) is 0 Å². The van der Waals surface area contributed by atoms with Gasteiger partial charge in [0.05, 0.1) is 0 Å². The Labute approximate surface area is 59.7 Å². The fourth-order valence-corrected chi connectivity index (χ4v) is 0.744. The van der Waals surface area contributed by atoms with Crippen molar-refractivity contribution in [1.82, 2.24) is 0 Å². The molecule has 0 aromatic heterocycles. The number of unbranched alkanes of at least 4 members (excludes halogenated alkanes) is 1. The quantitative estimate of drug-likeness (QED) is 0.542. The summed E-state index contributed by atoms with van der Waals surface area (Å²) < 4.78 is 0. The monoisotopic (exact) mass is 127 g/mol. The molecule has 0 fully saturated rings. The van der Waals surface area contributed by atoms with Crippen LogP contribution in [0.25, 0.3) is 0 Å². The summed E-state index contributed by atoms with van der Waals surface area (Å²) in [5.74, 6) is 2.44. The van der Waals surface area contributed by atoms with Crippen molar-refractivity contribution >= 4 is 0 Å². The summed E-state index contributed by atoms with van der Waals surface area (Å²) in [7, 11) is 0. The Morgan fingerprint density at radius 2 is 1.89 bits per heavy atom. The van der Waals surface area contributed by atoms with E-state index in [9.17, 15) is 0 Å². The molecule has 0 heteroatoms. The van der Waals surface area contributed by atoms with Crippen molar-refractivity contribution in [2.75, 3.05) is 0 Å². The maximum atomic E-state index is 2.27. The van der Waals surface area contributed by atoms with E-state index in [1.54, 1.807) is 5.92 Å². The van der Waals surface area contributed by atoms with Crippen LogP contribution in [0, 0.1) is 11.8 Å². The van der Waals surface area contributed by atoms with Gasteiger partial charge in [-0.3, -0.25) is 0 Å². The van der Waals surface area contributed by atoms with Gasteiger partial charge in [0.2, 0.25) is 0 Å². The summed E-state index contributed by atoms with van der Waals surface area (Å²) in [6.07, 6.45) is 4.02. The largest absolute Gasteiger partial charge is 0.0654 e. The summed E-state index contributed by atoms with van der Waals surface area (Å²) >= 11 is 0. The molecule has 0 bridgehead atoms. The van der Waals surface area contributed by atoms with Crippen LogP contribution in [0.1, 0.15) is 47.0 Å². The van der Waals surface area contributed by atoms with E-state index < -0.39 is 0 Å². The van der Waals surface area contributed by atoms with Crippen molar-refractivity contribution in [3.8, 4) is 0 Å². The van der Waals surface area contributed by atoms with Gasteiger partial charge in [-0.05, 0) is 18.3 Å². The molecule has 0 rings (SSSR count). The van der Waals surface area contributed by atoms with E-state index >= 15 is 0 Å². The smallest absolute Gasteiger partial charge is 0.0246 e. The molecular formula is C9H19. The average Bonchev–Trinajstić information content (AvgIpc) is 1.82. The van der Waals surface area contributed by atoms with Crippen LogP contribution in [0.5, 0.6) is 0 Å². The van der Waals surface area contributed by atoms with Crippen molar-refractivity contribution < 1.29 is 0 Å². The standard InChI is InChI=1S/C9H19/c1-5-6-7-9(4)8(2)3/h8H,5-7H2,1-4H3. The molecule has 0 spiro atoms. The lowest BCUT2D eigenvalue weighted by molar-refractivity contribution is 0.581. The van der Waals surface area contributed by atoms with Crippen LogP contribution >= 0.6 is 0 Å². The molecule has 9 heavy (non-hydrogen) atoms. The Hall–Kier alpha value is 0. The first-order valence-corrected chi connectivity index (χ1v) is 4.00. The fourth-order valence-electron chi connectivity index (χ4n) is 0.744. The Balaban J connectivity index is 3.16. The van der Waals surface area contributed by atoms with Gasteiger partial charge < -0.3 is 0 Å². The van der Waals surface area contributed by atoms with Crippen LogP contribution in [0.2, 0.25) is 0 Å². The van der Waals surface area contributed by atoms with Crippen LogP contribution < -0.4 is 0 Å². The minimum Gasteiger partial charge on any atom is -0.0654 e. The zero-order valence-electron chi connectivity index (χ0n) is 7.20. The first-order chi connectivity index (χ1) is 4.18. The second-order valence-corrected chi connectivity index (χ2v) is 3.10. The van der Waals surface area contributed by atoms with Crippen LogP contribution in [-0.4, -0.2) is 0 Å². The van der Waals surface area contributed by atoms with Crippen LogP contribution in [0.3, 0.4) is 0 Å². The maximum absolute atomic E-state index is 2.27. The summed E-state index contributed by atoms with van der Waals surface area (Å²) in [5, 5.41) is 0. The minimum atomic E-state index is 0.788. The van der Waals surface area contributed by atoms with Gasteiger partial charge in [-0.1, -0.05) is 40.5 Å². The third-order valence-corrected chi connectivity index (χ3v) is 1.91. The molecule has 0 aliphatic heterocycles. The van der Waals surface area contributed by atoms with Gasteiger partial charge in [0.1, 0.15) is 0 Å². The highest BCUT2D eigenvalue weighted by Gasteiger charge is 2.05. The Morgan fingerprint density at radius 1 is 1.33 bits per heavy atom. The van der Waals surface area contributed by atoms with Gasteiger partial charge in [0.15, 0.2) is 0 Å². The van der Waals surface area contributed by atoms with E-state index in [2.05, 4.69) is 27.7 Å². The van der Waals surface area contributed by atoms with Gasteiger partial charge >= 0.3 is 0 Å². The lowest BCUT2D eigenvalue weighted by atomic mass is 9.93. The number of hydrogen-bond acceptors (Lipinski definition) is 0. The lowest BCUT2D eigenvalue weighted by Gasteiger charge is -2.13. The van der Waals surface area contributed by atoms with E-state index in [1.807, 2.05) is 0 Å². The first kappa shape index (κ1) is 9.00. The molecule has 0 nitrogen and oxygen atoms in total. The van der Waals surface area contributed by atoms with E-state index in [4.69, 9.17) is 0 Å². The molecule has 0 saturated heterocycles. The maximum Gasteiger partial charge on any atom is -0.0246 e. The third-order valence-electron chi connectivity index (χ3n) is 1.91. The Morgan fingerprint density at radius 3 is 2.22 bits per heavy atom. The van der Waals surface area contributed by atoms with Crippen molar-refractivity contribution in [2.24, 2.45) is 5.92 Å². The molecule has 0 aromatic carbocycles. The van der Waals surface area contributed by atoms with Crippen LogP contribution in [0.4, 0.5) is 0 Å². The second-order valence-electron chi connectivity index (χ2n) is 3.10. The molecule has 0 atom stereocenters. The topological polar surface area (TPSA) is 0 Å². The molecule has 0 heterocycles. The SMILES string of the molecule is CCCC[C](C)C(C)C. The van der Waals surface area contributed by atoms with Gasteiger partial charge in [0, 0.05) is 0 Å². The summed E-state index contributed by atoms with van der Waals surface area (Å²) in [6, 6.07) is 0. The zero-order valence-corrected chi connectivity index (χ0v) is 7.20. The van der Waals surface area contributed by atoms with Gasteiger partial charge in [-0.2, -0.15) is 0 Å². The lowest BCUT2D eigenvalue weighted by Crippen LogP contribution is -2.00. The number of hydrogen-bond donors (Lipinski definition) is 0. The van der Waals surface area contributed by atoms with Crippen molar-refractivity contribution in [1.29, 1.82) is 0 Å². The fraction of sp³-hybridized carbons (Fsp3) is 0.889. The van der Waals surface area contributed by atoms with Crippen molar-refractivity contribution in [3.63, 3.8) is 0 Å². The van der Waals surface area contributed by atoms with E-state index in [1.165, 1.54) is 19.3 Å². The number of rotatable bonds is 4. The van der Waals surface area contributed by atoms with Crippen LogP contribution in [-0.2, 0) is 0 Å². The highest BCUT2D eigenvalue weighted by Crippen LogP contribution is 2.18. The molecule has 1 radical (unpaired) electrons. The molecular weight excluding hydrogens is 108 g/mol. The highest BCUT2D eigenvalue weighted by atomic mass is 14.1. The highest BCUT2D eigenvalue weighted by molar-refractivity contribution is 4.86. The summed E-state index contributed by atoms with van der Waals surface area (Å²) in [5.41, 5.74) is 0. The minimum absolute atomic E-state index is 0.788. The normalized spacial score (nSPS) is 11.3. The first-order valence-electron chi connectivity index (χ1n) is 4.00. The molecule has 0 amide bonds. The van der Waals surface area contributed by atoms with Gasteiger partial charge in [-0.15, -0.1) is 0 Å². The average molecular weight is 127 g/mol.